The molecule has 1 aliphatic heterocycles. The smallest absolute Gasteiger partial charge is 0.315 e. The second-order valence-corrected chi connectivity index (χ2v) is 5.63. The van der Waals surface area contributed by atoms with E-state index < -0.39 is 0 Å². The summed E-state index contributed by atoms with van der Waals surface area (Å²) < 4.78 is 11.5. The van der Waals surface area contributed by atoms with Gasteiger partial charge in [-0.15, -0.1) is 5.10 Å². The Morgan fingerprint density at radius 3 is 3.05 bits per heavy atom. The molecule has 0 saturated carbocycles. The van der Waals surface area contributed by atoms with Gasteiger partial charge in [0.05, 0.1) is 0 Å². The fourth-order valence-electron chi connectivity index (χ4n) is 2.33. The lowest BCUT2D eigenvalue weighted by atomic mass is 10.1. The van der Waals surface area contributed by atoms with Crippen LogP contribution < -0.4 is 10.1 Å². The quantitative estimate of drug-likeness (QED) is 0.800. The molecular weight excluding hydrogens is 286 g/mol. The van der Waals surface area contributed by atoms with E-state index in [1.54, 1.807) is 11.3 Å². The van der Waals surface area contributed by atoms with Crippen molar-refractivity contribution < 1.29 is 9.15 Å². The van der Waals surface area contributed by atoms with Crippen molar-refractivity contribution in [3.8, 4) is 5.75 Å². The van der Waals surface area contributed by atoms with E-state index in [4.69, 9.17) is 9.15 Å². The molecule has 0 amide bonds. The van der Waals surface area contributed by atoms with Gasteiger partial charge in [0, 0.05) is 13.0 Å². The predicted octanol–water partition coefficient (Wildman–Crippen LogP) is 3.42. The van der Waals surface area contributed by atoms with Crippen LogP contribution in [0.5, 0.6) is 5.75 Å². The molecule has 0 radical (unpaired) electrons. The van der Waals surface area contributed by atoms with E-state index in [2.05, 4.69) is 33.0 Å². The average Bonchev–Trinajstić information content (AvgIpc) is 3.24. The molecule has 0 bridgehead atoms. The van der Waals surface area contributed by atoms with Crippen molar-refractivity contribution in [3.05, 3.63) is 58.1 Å². The number of benzene rings is 1. The maximum absolute atomic E-state index is 5.83. The summed E-state index contributed by atoms with van der Waals surface area (Å²) in [6, 6.07) is 10.5. The highest BCUT2D eigenvalue weighted by Crippen LogP contribution is 2.36. The number of fused-ring (bicyclic) bond motifs is 1. The van der Waals surface area contributed by atoms with Gasteiger partial charge in [-0.3, -0.25) is 0 Å². The number of para-hydroxylation sites is 1. The second kappa shape index (κ2) is 5.21. The molecule has 3 heterocycles. The van der Waals surface area contributed by atoms with Gasteiger partial charge in [-0.25, -0.2) is 0 Å². The summed E-state index contributed by atoms with van der Waals surface area (Å²) in [6.07, 6.45) is 0.578. The first-order valence-electron chi connectivity index (χ1n) is 6.71. The van der Waals surface area contributed by atoms with Crippen LogP contribution in [0.15, 0.2) is 45.5 Å². The zero-order valence-corrected chi connectivity index (χ0v) is 12.0. The number of nitrogens with zero attached hydrogens (tertiary/aromatic N) is 2. The number of hydrogen-bond donors (Lipinski definition) is 1. The molecule has 5 nitrogen and oxygen atoms in total. The number of ether oxygens (including phenoxy) is 1. The zero-order valence-electron chi connectivity index (χ0n) is 11.2. The molecule has 4 rings (SSSR count). The van der Waals surface area contributed by atoms with Crippen LogP contribution in [0.25, 0.3) is 0 Å². The first-order chi connectivity index (χ1) is 10.4. The van der Waals surface area contributed by atoms with Crippen molar-refractivity contribution in [1.29, 1.82) is 0 Å². The van der Waals surface area contributed by atoms with E-state index in [0.29, 0.717) is 18.5 Å². The van der Waals surface area contributed by atoms with Gasteiger partial charge in [-0.1, -0.05) is 23.3 Å². The van der Waals surface area contributed by atoms with E-state index >= 15 is 0 Å². The molecule has 0 saturated heterocycles. The summed E-state index contributed by atoms with van der Waals surface area (Å²) in [7, 11) is 0. The van der Waals surface area contributed by atoms with Gasteiger partial charge < -0.3 is 14.5 Å². The Balaban J connectivity index is 1.44. The number of rotatable bonds is 4. The number of thiophene rings is 1. The SMILES string of the molecule is c1ccc2c(c1)C[C@@H](c1nnc(NCc3ccsc3)o1)O2. The minimum atomic E-state index is -0.188. The first kappa shape index (κ1) is 12.4. The lowest BCUT2D eigenvalue weighted by Gasteiger charge is -2.04. The monoisotopic (exact) mass is 299 g/mol. The zero-order chi connectivity index (χ0) is 14.1. The summed E-state index contributed by atoms with van der Waals surface area (Å²) >= 11 is 1.67. The highest BCUT2D eigenvalue weighted by Gasteiger charge is 2.28. The third kappa shape index (κ3) is 2.50. The van der Waals surface area contributed by atoms with Gasteiger partial charge >= 0.3 is 6.01 Å². The van der Waals surface area contributed by atoms with Gasteiger partial charge in [0.2, 0.25) is 0 Å². The topological polar surface area (TPSA) is 60.2 Å². The third-order valence-corrected chi connectivity index (χ3v) is 4.12. The maximum atomic E-state index is 5.83. The van der Waals surface area contributed by atoms with Gasteiger partial charge in [0.15, 0.2) is 6.10 Å². The lowest BCUT2D eigenvalue weighted by molar-refractivity contribution is 0.199. The van der Waals surface area contributed by atoms with Crippen molar-refractivity contribution in [2.24, 2.45) is 0 Å². The molecule has 0 aliphatic carbocycles. The Morgan fingerprint density at radius 1 is 1.24 bits per heavy atom. The van der Waals surface area contributed by atoms with E-state index in [0.717, 1.165) is 12.2 Å². The van der Waals surface area contributed by atoms with Gasteiger partial charge in [-0.05, 0) is 34.0 Å². The summed E-state index contributed by atoms with van der Waals surface area (Å²) in [5.74, 6) is 1.41. The Kier molecular flexibility index (Phi) is 3.08. The van der Waals surface area contributed by atoms with Crippen LogP contribution in [0.3, 0.4) is 0 Å². The number of hydrogen-bond acceptors (Lipinski definition) is 6. The lowest BCUT2D eigenvalue weighted by Crippen LogP contribution is -2.03. The van der Waals surface area contributed by atoms with Gasteiger partial charge in [0.1, 0.15) is 5.75 Å². The molecule has 1 atom stereocenters. The minimum absolute atomic E-state index is 0.188. The molecule has 1 N–H and O–H groups in total. The molecule has 2 aromatic heterocycles. The fraction of sp³-hybridized carbons (Fsp3) is 0.200. The van der Waals surface area contributed by atoms with Crippen LogP contribution in [0.4, 0.5) is 6.01 Å². The highest BCUT2D eigenvalue weighted by molar-refractivity contribution is 7.07. The molecule has 6 heteroatoms. The van der Waals surface area contributed by atoms with Crippen LogP contribution >= 0.6 is 11.3 Å². The van der Waals surface area contributed by atoms with Crippen LogP contribution in [-0.4, -0.2) is 10.2 Å². The van der Waals surface area contributed by atoms with Crippen molar-refractivity contribution in [1.82, 2.24) is 10.2 Å². The molecule has 0 fully saturated rings. The van der Waals surface area contributed by atoms with Crippen LogP contribution in [0, 0.1) is 0 Å². The van der Waals surface area contributed by atoms with Crippen LogP contribution in [0.1, 0.15) is 23.1 Å². The molecular formula is C15H13N3O2S. The Hall–Kier alpha value is -2.34. The van der Waals surface area contributed by atoms with Gasteiger partial charge in [-0.2, -0.15) is 11.3 Å². The summed E-state index contributed by atoms with van der Waals surface area (Å²) in [4.78, 5) is 0. The Bertz CT molecular complexity index is 714. The van der Waals surface area contributed by atoms with Crippen LogP contribution in [-0.2, 0) is 13.0 Å². The summed E-state index contributed by atoms with van der Waals surface area (Å²) in [5, 5.41) is 15.3. The average molecular weight is 299 g/mol. The van der Waals surface area contributed by atoms with Crippen molar-refractivity contribution in [3.63, 3.8) is 0 Å². The summed E-state index contributed by atoms with van der Waals surface area (Å²) in [5.41, 5.74) is 2.37. The van der Waals surface area contributed by atoms with Gasteiger partial charge in [0.25, 0.3) is 5.89 Å². The Labute approximate surface area is 125 Å². The normalized spacial score (nSPS) is 16.5. The molecule has 3 aromatic rings. The molecule has 21 heavy (non-hydrogen) atoms. The van der Waals surface area contributed by atoms with E-state index in [9.17, 15) is 0 Å². The fourth-order valence-corrected chi connectivity index (χ4v) is 3.00. The minimum Gasteiger partial charge on any atom is -0.480 e. The number of aromatic nitrogens is 2. The largest absolute Gasteiger partial charge is 0.480 e. The molecule has 0 spiro atoms. The van der Waals surface area contributed by atoms with Crippen LogP contribution in [0.2, 0.25) is 0 Å². The standard InChI is InChI=1S/C15H13N3O2S/c1-2-4-12-11(3-1)7-13(19-12)14-17-18-15(20-14)16-8-10-5-6-21-9-10/h1-6,9,13H,7-8H2,(H,16,18)/t13-/m0/s1. The van der Waals surface area contributed by atoms with E-state index in [1.165, 1.54) is 11.1 Å². The summed E-state index contributed by atoms with van der Waals surface area (Å²) in [6.45, 7) is 0.677. The molecule has 106 valence electrons. The highest BCUT2D eigenvalue weighted by atomic mass is 32.1. The Morgan fingerprint density at radius 2 is 2.19 bits per heavy atom. The first-order valence-corrected chi connectivity index (χ1v) is 7.66. The van der Waals surface area contributed by atoms with Crippen molar-refractivity contribution in [2.45, 2.75) is 19.1 Å². The molecule has 0 unspecified atom stereocenters. The third-order valence-electron chi connectivity index (χ3n) is 3.39. The maximum Gasteiger partial charge on any atom is 0.315 e. The molecule has 1 aromatic carbocycles. The van der Waals surface area contributed by atoms with E-state index in [1.807, 2.05) is 23.6 Å². The molecule has 1 aliphatic rings. The number of nitrogens with one attached hydrogen (secondary N) is 1. The number of anilines is 1. The van der Waals surface area contributed by atoms with E-state index in [-0.39, 0.29) is 6.10 Å². The van der Waals surface area contributed by atoms with Crippen molar-refractivity contribution in [2.75, 3.05) is 5.32 Å². The van der Waals surface area contributed by atoms with Crippen molar-refractivity contribution >= 4 is 17.4 Å². The second-order valence-electron chi connectivity index (χ2n) is 4.85. The predicted molar refractivity (Wildman–Crippen MR) is 79.5 cm³/mol.